The van der Waals surface area contributed by atoms with Crippen molar-refractivity contribution in [2.45, 2.75) is 24.6 Å². The fraction of sp³-hybridized carbons (Fsp3) is 0.467. The molecule has 0 radical (unpaired) electrons. The molecule has 1 saturated heterocycles. The van der Waals surface area contributed by atoms with Gasteiger partial charge in [-0.05, 0) is 37.1 Å². The third-order valence-corrected chi connectivity index (χ3v) is 3.83. The molecule has 1 aliphatic rings. The molecule has 6 nitrogen and oxygen atoms in total. The number of nitrogens with zero attached hydrogens (tertiary/aromatic N) is 1. The van der Waals surface area contributed by atoms with Crippen molar-refractivity contribution in [3.8, 4) is 5.75 Å². The van der Waals surface area contributed by atoms with Crippen LogP contribution in [0.15, 0.2) is 24.3 Å². The first-order valence-electron chi connectivity index (χ1n) is 7.22. The number of hydrogen-bond acceptors (Lipinski definition) is 4. The highest BCUT2D eigenvalue weighted by Gasteiger charge is 2.40. The van der Waals surface area contributed by atoms with E-state index in [0.29, 0.717) is 13.0 Å². The minimum absolute atomic E-state index is 0.110. The van der Waals surface area contributed by atoms with E-state index >= 15 is 0 Å². The summed E-state index contributed by atoms with van der Waals surface area (Å²) in [7, 11) is 0. The maximum atomic E-state index is 12.5. The zero-order chi connectivity index (χ0) is 18.0. The average molecular weight is 346 g/mol. The molecule has 1 aromatic carbocycles. The standard InChI is InChI=1S/C15H17F3N2O4/c16-15(17,18)10-2-4-11(5-3-10)24-8-12(21)20-7-1-6-14(23,9-20)13(19)22/h2-5,23H,1,6-9H2,(H2,19,22)/t14-/m0/s1. The van der Waals surface area contributed by atoms with E-state index in [1.54, 1.807) is 0 Å². The number of alkyl halides is 3. The lowest BCUT2D eigenvalue weighted by Crippen LogP contribution is -2.57. The van der Waals surface area contributed by atoms with Gasteiger partial charge in [-0.1, -0.05) is 0 Å². The Balaban J connectivity index is 1.92. The smallest absolute Gasteiger partial charge is 0.416 e. The van der Waals surface area contributed by atoms with Gasteiger partial charge in [0.25, 0.3) is 11.8 Å². The van der Waals surface area contributed by atoms with Crippen molar-refractivity contribution in [1.82, 2.24) is 4.90 Å². The van der Waals surface area contributed by atoms with Gasteiger partial charge in [0, 0.05) is 6.54 Å². The molecule has 9 heteroatoms. The van der Waals surface area contributed by atoms with E-state index in [-0.39, 0.29) is 18.7 Å². The molecule has 1 aliphatic heterocycles. The number of hydrogen-bond donors (Lipinski definition) is 2. The summed E-state index contributed by atoms with van der Waals surface area (Å²) >= 11 is 0. The summed E-state index contributed by atoms with van der Waals surface area (Å²) in [6.07, 6.45) is -3.86. The summed E-state index contributed by atoms with van der Waals surface area (Å²) in [5.74, 6) is -1.28. The number of rotatable bonds is 4. The van der Waals surface area contributed by atoms with Crippen LogP contribution in [0.2, 0.25) is 0 Å². The van der Waals surface area contributed by atoms with Crippen molar-refractivity contribution in [3.05, 3.63) is 29.8 Å². The number of nitrogens with two attached hydrogens (primary N) is 1. The Morgan fingerprint density at radius 2 is 1.92 bits per heavy atom. The maximum absolute atomic E-state index is 12.5. The molecule has 0 saturated carbocycles. The normalized spacial score (nSPS) is 21.4. The molecule has 1 aromatic rings. The first-order valence-corrected chi connectivity index (χ1v) is 7.22. The predicted octanol–water partition coefficient (Wildman–Crippen LogP) is 0.923. The fourth-order valence-electron chi connectivity index (χ4n) is 2.43. The molecule has 2 rings (SSSR count). The topological polar surface area (TPSA) is 92.9 Å². The largest absolute Gasteiger partial charge is 0.484 e. The number of amides is 2. The number of carbonyl (C=O) groups is 2. The lowest BCUT2D eigenvalue weighted by molar-refractivity contribution is -0.150. The summed E-state index contributed by atoms with van der Waals surface area (Å²) in [5.41, 5.74) is 2.55. The Hall–Kier alpha value is -2.29. The van der Waals surface area contributed by atoms with Gasteiger partial charge in [0.05, 0.1) is 12.1 Å². The molecule has 0 aromatic heterocycles. The zero-order valence-corrected chi connectivity index (χ0v) is 12.7. The van der Waals surface area contributed by atoms with Gasteiger partial charge in [-0.25, -0.2) is 0 Å². The second-order valence-corrected chi connectivity index (χ2v) is 5.63. The first-order chi connectivity index (χ1) is 11.1. The summed E-state index contributed by atoms with van der Waals surface area (Å²) < 4.78 is 42.5. The number of ether oxygens (including phenoxy) is 1. The quantitative estimate of drug-likeness (QED) is 0.848. The van der Waals surface area contributed by atoms with Crippen LogP contribution in [0.25, 0.3) is 0 Å². The van der Waals surface area contributed by atoms with Crippen LogP contribution in [0.3, 0.4) is 0 Å². The molecule has 0 spiro atoms. The van der Waals surface area contributed by atoms with E-state index in [4.69, 9.17) is 10.5 Å². The van der Waals surface area contributed by atoms with E-state index in [9.17, 15) is 27.9 Å². The highest BCUT2D eigenvalue weighted by molar-refractivity contribution is 5.85. The van der Waals surface area contributed by atoms with Crippen molar-refractivity contribution in [2.75, 3.05) is 19.7 Å². The fourth-order valence-corrected chi connectivity index (χ4v) is 2.43. The molecule has 0 unspecified atom stereocenters. The first kappa shape index (κ1) is 18.1. The van der Waals surface area contributed by atoms with E-state index in [2.05, 4.69) is 0 Å². The Morgan fingerprint density at radius 1 is 1.29 bits per heavy atom. The molecule has 24 heavy (non-hydrogen) atoms. The lowest BCUT2D eigenvalue weighted by Gasteiger charge is -2.36. The average Bonchev–Trinajstić information content (AvgIpc) is 2.52. The molecule has 0 aliphatic carbocycles. The lowest BCUT2D eigenvalue weighted by atomic mass is 9.92. The van der Waals surface area contributed by atoms with Crippen LogP contribution in [-0.2, 0) is 15.8 Å². The van der Waals surface area contributed by atoms with Crippen molar-refractivity contribution in [3.63, 3.8) is 0 Å². The second kappa shape index (κ2) is 6.68. The van der Waals surface area contributed by atoms with Crippen LogP contribution in [-0.4, -0.2) is 47.1 Å². The summed E-state index contributed by atoms with van der Waals surface area (Å²) in [6.45, 7) is -0.303. The van der Waals surface area contributed by atoms with Gasteiger partial charge in [0.15, 0.2) is 12.2 Å². The van der Waals surface area contributed by atoms with Gasteiger partial charge in [0.2, 0.25) is 0 Å². The molecule has 2 amide bonds. The van der Waals surface area contributed by atoms with E-state index in [1.807, 2.05) is 0 Å². The van der Waals surface area contributed by atoms with Crippen LogP contribution in [0.4, 0.5) is 13.2 Å². The number of likely N-dealkylation sites (tertiary alicyclic amines) is 1. The summed E-state index contributed by atoms with van der Waals surface area (Å²) in [6, 6.07) is 3.94. The Bertz CT molecular complexity index is 618. The molecule has 1 fully saturated rings. The number of aliphatic hydroxyl groups is 1. The van der Waals surface area contributed by atoms with Gasteiger partial charge in [-0.2, -0.15) is 13.2 Å². The molecule has 132 valence electrons. The number of benzene rings is 1. The van der Waals surface area contributed by atoms with Gasteiger partial charge >= 0.3 is 6.18 Å². The molecule has 3 N–H and O–H groups in total. The number of piperidine rings is 1. The minimum atomic E-state index is -4.44. The zero-order valence-electron chi connectivity index (χ0n) is 12.7. The minimum Gasteiger partial charge on any atom is -0.484 e. The van der Waals surface area contributed by atoms with Crippen molar-refractivity contribution < 1.29 is 32.6 Å². The monoisotopic (exact) mass is 346 g/mol. The van der Waals surface area contributed by atoms with Gasteiger partial charge in [0.1, 0.15) is 5.75 Å². The second-order valence-electron chi connectivity index (χ2n) is 5.63. The molecular formula is C15H17F3N2O4. The highest BCUT2D eigenvalue weighted by atomic mass is 19.4. The third kappa shape index (κ3) is 4.16. The Morgan fingerprint density at radius 3 is 2.46 bits per heavy atom. The van der Waals surface area contributed by atoms with Crippen LogP contribution in [0.5, 0.6) is 5.75 Å². The number of halogens is 3. The molecule has 1 heterocycles. The van der Waals surface area contributed by atoms with Crippen molar-refractivity contribution >= 4 is 11.8 Å². The van der Waals surface area contributed by atoms with Gasteiger partial charge in [-0.15, -0.1) is 0 Å². The third-order valence-electron chi connectivity index (χ3n) is 3.83. The van der Waals surface area contributed by atoms with E-state index in [0.717, 1.165) is 24.3 Å². The maximum Gasteiger partial charge on any atom is 0.416 e. The molecule has 0 bridgehead atoms. The van der Waals surface area contributed by atoms with Crippen molar-refractivity contribution in [1.29, 1.82) is 0 Å². The Kier molecular flexibility index (Phi) is 5.02. The summed E-state index contributed by atoms with van der Waals surface area (Å²) in [4.78, 5) is 24.6. The molecular weight excluding hydrogens is 329 g/mol. The highest BCUT2D eigenvalue weighted by Crippen LogP contribution is 2.30. The predicted molar refractivity (Wildman–Crippen MR) is 76.9 cm³/mol. The SMILES string of the molecule is NC(=O)[C@]1(O)CCCN(C(=O)COc2ccc(C(F)(F)F)cc2)C1. The van der Waals surface area contributed by atoms with Gasteiger partial charge in [-0.3, -0.25) is 9.59 Å². The number of primary amides is 1. The summed E-state index contributed by atoms with van der Waals surface area (Å²) in [5, 5.41) is 10.0. The molecule has 1 atom stereocenters. The van der Waals surface area contributed by atoms with Crippen LogP contribution < -0.4 is 10.5 Å². The van der Waals surface area contributed by atoms with E-state index in [1.165, 1.54) is 4.90 Å². The van der Waals surface area contributed by atoms with Gasteiger partial charge < -0.3 is 20.5 Å². The van der Waals surface area contributed by atoms with E-state index < -0.39 is 35.8 Å². The Labute approximate surface area is 136 Å². The van der Waals surface area contributed by atoms with Crippen molar-refractivity contribution in [2.24, 2.45) is 5.73 Å². The van der Waals surface area contributed by atoms with Crippen LogP contribution in [0.1, 0.15) is 18.4 Å². The van der Waals surface area contributed by atoms with Crippen LogP contribution in [0, 0.1) is 0 Å². The van der Waals surface area contributed by atoms with Crippen LogP contribution >= 0.6 is 0 Å². The number of carbonyl (C=O) groups excluding carboxylic acids is 2. The number of β-amino-alcohol motifs (C(OH)–C–C–N with tert-alkyl or cyclic N) is 1.